The SMILES string of the molecule is CCOC(=O)[C@@H](Cl)Cc1ccccc1. The lowest BCUT2D eigenvalue weighted by atomic mass is 10.1. The van der Waals surface area contributed by atoms with Gasteiger partial charge in [0.2, 0.25) is 0 Å². The Morgan fingerprint density at radius 2 is 2.07 bits per heavy atom. The molecule has 1 aromatic rings. The molecule has 14 heavy (non-hydrogen) atoms. The number of ether oxygens (including phenoxy) is 1. The molecule has 0 aliphatic carbocycles. The highest BCUT2D eigenvalue weighted by Gasteiger charge is 2.16. The number of alkyl halides is 1. The second kappa shape index (κ2) is 5.66. The van der Waals surface area contributed by atoms with Crippen LogP contribution in [0.5, 0.6) is 0 Å². The van der Waals surface area contributed by atoms with Gasteiger partial charge in [-0.2, -0.15) is 0 Å². The van der Waals surface area contributed by atoms with Crippen LogP contribution in [0.3, 0.4) is 0 Å². The Balaban J connectivity index is 2.49. The monoisotopic (exact) mass is 212 g/mol. The second-order valence-corrected chi connectivity index (χ2v) is 3.44. The molecule has 0 radical (unpaired) electrons. The largest absolute Gasteiger partial charge is 0.465 e. The predicted octanol–water partition coefficient (Wildman–Crippen LogP) is 2.40. The average Bonchev–Trinajstić information content (AvgIpc) is 2.19. The summed E-state index contributed by atoms with van der Waals surface area (Å²) >= 11 is 5.87. The zero-order valence-corrected chi connectivity index (χ0v) is 8.83. The molecule has 0 fully saturated rings. The van der Waals surface area contributed by atoms with Crippen LogP contribution >= 0.6 is 11.6 Å². The maximum Gasteiger partial charge on any atom is 0.324 e. The summed E-state index contributed by atoms with van der Waals surface area (Å²) < 4.78 is 4.80. The van der Waals surface area contributed by atoms with E-state index in [4.69, 9.17) is 16.3 Å². The molecule has 0 amide bonds. The quantitative estimate of drug-likeness (QED) is 0.566. The number of rotatable bonds is 4. The van der Waals surface area contributed by atoms with Crippen molar-refractivity contribution < 1.29 is 9.53 Å². The van der Waals surface area contributed by atoms with Crippen molar-refractivity contribution in [3.05, 3.63) is 35.9 Å². The van der Waals surface area contributed by atoms with Gasteiger partial charge < -0.3 is 4.74 Å². The van der Waals surface area contributed by atoms with Crippen molar-refractivity contribution in [1.82, 2.24) is 0 Å². The fraction of sp³-hybridized carbons (Fsp3) is 0.364. The number of esters is 1. The molecule has 1 atom stereocenters. The summed E-state index contributed by atoms with van der Waals surface area (Å²) in [5.74, 6) is -0.349. The van der Waals surface area contributed by atoms with Crippen LogP contribution in [0.15, 0.2) is 30.3 Å². The standard InChI is InChI=1S/C11H13ClO2/c1-2-14-11(13)10(12)8-9-6-4-3-5-7-9/h3-7,10H,2,8H2,1H3/t10-/m0/s1. The Labute approximate surface area is 88.8 Å². The first-order chi connectivity index (χ1) is 6.74. The lowest BCUT2D eigenvalue weighted by Crippen LogP contribution is -2.20. The minimum Gasteiger partial charge on any atom is -0.465 e. The van der Waals surface area contributed by atoms with E-state index in [0.717, 1.165) is 5.56 Å². The highest BCUT2D eigenvalue weighted by atomic mass is 35.5. The van der Waals surface area contributed by atoms with E-state index < -0.39 is 5.38 Å². The molecule has 1 rings (SSSR count). The molecule has 1 aromatic carbocycles. The van der Waals surface area contributed by atoms with E-state index in [9.17, 15) is 4.79 Å². The Morgan fingerprint density at radius 1 is 1.43 bits per heavy atom. The second-order valence-electron chi connectivity index (χ2n) is 2.91. The molecular formula is C11H13ClO2. The van der Waals surface area contributed by atoms with Crippen molar-refractivity contribution in [1.29, 1.82) is 0 Å². The first-order valence-corrected chi connectivity index (χ1v) is 5.02. The number of hydrogen-bond donors (Lipinski definition) is 0. The Morgan fingerprint density at radius 3 is 2.64 bits per heavy atom. The molecular weight excluding hydrogens is 200 g/mol. The van der Waals surface area contributed by atoms with E-state index in [1.165, 1.54) is 0 Å². The molecule has 0 aliphatic rings. The van der Waals surface area contributed by atoms with Crippen molar-refractivity contribution in [2.45, 2.75) is 18.7 Å². The van der Waals surface area contributed by atoms with Crippen LogP contribution in [0.4, 0.5) is 0 Å². The first-order valence-electron chi connectivity index (χ1n) is 4.58. The Kier molecular flexibility index (Phi) is 4.47. The number of hydrogen-bond acceptors (Lipinski definition) is 2. The van der Waals surface area contributed by atoms with Crippen LogP contribution in [-0.2, 0) is 16.0 Å². The maximum atomic E-state index is 11.2. The molecule has 0 aliphatic heterocycles. The third-order valence-corrected chi connectivity index (χ3v) is 2.13. The molecule has 0 N–H and O–H groups in total. The summed E-state index contributed by atoms with van der Waals surface area (Å²) in [7, 11) is 0. The van der Waals surface area contributed by atoms with Crippen LogP contribution in [0.25, 0.3) is 0 Å². The number of benzene rings is 1. The van der Waals surface area contributed by atoms with Crippen LogP contribution < -0.4 is 0 Å². The van der Waals surface area contributed by atoms with Crippen molar-refractivity contribution in [3.8, 4) is 0 Å². The van der Waals surface area contributed by atoms with Crippen molar-refractivity contribution in [2.75, 3.05) is 6.61 Å². The van der Waals surface area contributed by atoms with Gasteiger partial charge in [-0.05, 0) is 18.9 Å². The summed E-state index contributed by atoms with van der Waals surface area (Å²) in [5, 5.41) is -0.586. The van der Waals surface area contributed by atoms with Gasteiger partial charge >= 0.3 is 5.97 Å². The van der Waals surface area contributed by atoms with Gasteiger partial charge in [0.1, 0.15) is 5.38 Å². The van der Waals surface area contributed by atoms with Gasteiger partial charge in [0.05, 0.1) is 6.61 Å². The van der Waals surface area contributed by atoms with Crippen LogP contribution in [0.2, 0.25) is 0 Å². The van der Waals surface area contributed by atoms with E-state index in [0.29, 0.717) is 13.0 Å². The van der Waals surface area contributed by atoms with E-state index in [1.807, 2.05) is 30.3 Å². The lowest BCUT2D eigenvalue weighted by Gasteiger charge is -2.08. The zero-order valence-electron chi connectivity index (χ0n) is 8.07. The fourth-order valence-corrected chi connectivity index (χ4v) is 1.38. The van der Waals surface area contributed by atoms with Crippen LogP contribution in [0.1, 0.15) is 12.5 Å². The molecule has 0 saturated heterocycles. The normalized spacial score (nSPS) is 12.1. The lowest BCUT2D eigenvalue weighted by molar-refractivity contribution is -0.142. The van der Waals surface area contributed by atoms with E-state index in [2.05, 4.69) is 0 Å². The van der Waals surface area contributed by atoms with Gasteiger partial charge in [-0.15, -0.1) is 11.6 Å². The summed E-state index contributed by atoms with van der Waals surface area (Å²) in [6, 6.07) is 9.65. The Bertz CT molecular complexity index is 285. The summed E-state index contributed by atoms with van der Waals surface area (Å²) in [4.78, 5) is 11.2. The number of halogens is 1. The van der Waals surface area contributed by atoms with Gasteiger partial charge in [0.15, 0.2) is 0 Å². The highest BCUT2D eigenvalue weighted by Crippen LogP contribution is 2.09. The predicted molar refractivity (Wildman–Crippen MR) is 56.4 cm³/mol. The number of carbonyl (C=O) groups is 1. The van der Waals surface area contributed by atoms with E-state index >= 15 is 0 Å². The van der Waals surface area contributed by atoms with Crippen molar-refractivity contribution in [2.24, 2.45) is 0 Å². The first kappa shape index (κ1) is 11.1. The summed E-state index contributed by atoms with van der Waals surface area (Å²) in [6.45, 7) is 2.14. The average molecular weight is 213 g/mol. The summed E-state index contributed by atoms with van der Waals surface area (Å²) in [6.07, 6.45) is 0.515. The summed E-state index contributed by atoms with van der Waals surface area (Å²) in [5.41, 5.74) is 1.04. The third-order valence-electron chi connectivity index (χ3n) is 1.80. The molecule has 0 bridgehead atoms. The maximum absolute atomic E-state index is 11.2. The van der Waals surface area contributed by atoms with Gasteiger partial charge in [0.25, 0.3) is 0 Å². The molecule has 3 heteroatoms. The van der Waals surface area contributed by atoms with Gasteiger partial charge in [-0.1, -0.05) is 30.3 Å². The van der Waals surface area contributed by atoms with Crippen molar-refractivity contribution >= 4 is 17.6 Å². The van der Waals surface area contributed by atoms with Crippen molar-refractivity contribution in [3.63, 3.8) is 0 Å². The molecule has 0 saturated carbocycles. The van der Waals surface area contributed by atoms with Gasteiger partial charge in [-0.25, -0.2) is 0 Å². The topological polar surface area (TPSA) is 26.3 Å². The van der Waals surface area contributed by atoms with Gasteiger partial charge in [-0.3, -0.25) is 4.79 Å². The van der Waals surface area contributed by atoms with Gasteiger partial charge in [0, 0.05) is 0 Å². The minimum absolute atomic E-state index is 0.349. The fourth-order valence-electron chi connectivity index (χ4n) is 1.14. The van der Waals surface area contributed by atoms with Crippen LogP contribution in [-0.4, -0.2) is 18.0 Å². The molecule has 2 nitrogen and oxygen atoms in total. The zero-order chi connectivity index (χ0) is 10.4. The Hall–Kier alpha value is -1.02. The minimum atomic E-state index is -0.586. The highest BCUT2D eigenvalue weighted by molar-refractivity contribution is 6.30. The third kappa shape index (κ3) is 3.38. The number of carbonyl (C=O) groups excluding carboxylic acids is 1. The molecule has 0 heterocycles. The molecule has 76 valence electrons. The van der Waals surface area contributed by atoms with E-state index in [1.54, 1.807) is 6.92 Å². The molecule has 0 spiro atoms. The molecule has 0 aromatic heterocycles. The smallest absolute Gasteiger partial charge is 0.324 e. The molecule has 0 unspecified atom stereocenters. The van der Waals surface area contributed by atoms with E-state index in [-0.39, 0.29) is 5.97 Å². The van der Waals surface area contributed by atoms with Crippen LogP contribution in [0, 0.1) is 0 Å².